The van der Waals surface area contributed by atoms with Crippen LogP contribution in [-0.2, 0) is 13.1 Å². The molecule has 1 atom stereocenters. The second-order valence-corrected chi connectivity index (χ2v) is 7.98. The fourth-order valence-corrected chi connectivity index (χ4v) is 2.01. The second-order valence-electron chi connectivity index (χ2n) is 7.98. The summed E-state index contributed by atoms with van der Waals surface area (Å²) in [6.45, 7) is 17.3. The van der Waals surface area contributed by atoms with Crippen molar-refractivity contribution < 1.29 is 4.42 Å². The molecule has 0 bridgehead atoms. The first-order valence-corrected chi connectivity index (χ1v) is 7.50. The Morgan fingerprint density at radius 1 is 1.20 bits per heavy atom. The molecule has 3 heteroatoms. The van der Waals surface area contributed by atoms with Crippen molar-refractivity contribution in [2.24, 2.45) is 5.41 Å². The van der Waals surface area contributed by atoms with Gasteiger partial charge in [-0.15, -0.1) is 0 Å². The molecule has 1 aromatic rings. The molecule has 1 unspecified atom stereocenters. The van der Waals surface area contributed by atoms with Crippen LogP contribution >= 0.6 is 0 Å². The Balaban J connectivity index is 2.56. The van der Waals surface area contributed by atoms with Gasteiger partial charge in [-0.05, 0) is 46.2 Å². The van der Waals surface area contributed by atoms with E-state index in [9.17, 15) is 0 Å². The molecule has 0 saturated carbocycles. The lowest BCUT2D eigenvalue weighted by Crippen LogP contribution is -2.38. The number of nitrogens with zero attached hydrogens (tertiary/aromatic N) is 1. The van der Waals surface area contributed by atoms with Gasteiger partial charge in [-0.2, -0.15) is 0 Å². The Kier molecular flexibility index (Phi) is 5.45. The van der Waals surface area contributed by atoms with E-state index in [1.165, 1.54) is 5.56 Å². The summed E-state index contributed by atoms with van der Waals surface area (Å²) in [5.74, 6) is 1.04. The average Bonchev–Trinajstić information content (AvgIpc) is 2.71. The lowest BCUT2D eigenvalue weighted by atomic mass is 9.87. The average molecular weight is 280 g/mol. The van der Waals surface area contributed by atoms with Crippen LogP contribution in [0, 0.1) is 5.41 Å². The first-order valence-electron chi connectivity index (χ1n) is 7.50. The van der Waals surface area contributed by atoms with Crippen LogP contribution in [0.2, 0.25) is 0 Å². The van der Waals surface area contributed by atoms with E-state index < -0.39 is 0 Å². The van der Waals surface area contributed by atoms with Crippen molar-refractivity contribution in [1.82, 2.24) is 10.2 Å². The van der Waals surface area contributed by atoms with Gasteiger partial charge in [-0.25, -0.2) is 0 Å². The third-order valence-corrected chi connectivity index (χ3v) is 3.85. The molecular weight excluding hydrogens is 248 g/mol. The van der Waals surface area contributed by atoms with Crippen molar-refractivity contribution in [3.05, 3.63) is 23.7 Å². The lowest BCUT2D eigenvalue weighted by Gasteiger charge is -2.34. The number of rotatable bonds is 5. The Morgan fingerprint density at radius 3 is 2.30 bits per heavy atom. The van der Waals surface area contributed by atoms with Gasteiger partial charge in [0.2, 0.25) is 0 Å². The van der Waals surface area contributed by atoms with Gasteiger partial charge < -0.3 is 9.73 Å². The molecule has 0 aliphatic rings. The summed E-state index contributed by atoms with van der Waals surface area (Å²) < 4.78 is 5.68. The normalized spacial score (nSPS) is 14.8. The maximum absolute atomic E-state index is 5.68. The van der Waals surface area contributed by atoms with E-state index in [-0.39, 0.29) is 11.0 Å². The van der Waals surface area contributed by atoms with E-state index in [2.05, 4.69) is 71.8 Å². The van der Waals surface area contributed by atoms with E-state index in [1.54, 1.807) is 0 Å². The minimum Gasteiger partial charge on any atom is -0.468 e. The maximum Gasteiger partial charge on any atom is 0.118 e. The summed E-state index contributed by atoms with van der Waals surface area (Å²) in [6.07, 6.45) is 1.86. The topological polar surface area (TPSA) is 28.4 Å². The van der Waals surface area contributed by atoms with Crippen LogP contribution in [0.1, 0.15) is 59.8 Å². The van der Waals surface area contributed by atoms with Gasteiger partial charge in [-0.1, -0.05) is 20.8 Å². The van der Waals surface area contributed by atoms with E-state index in [1.807, 2.05) is 6.26 Å². The van der Waals surface area contributed by atoms with Crippen molar-refractivity contribution >= 4 is 0 Å². The summed E-state index contributed by atoms with van der Waals surface area (Å²) in [5, 5.41) is 3.48. The SMILES string of the molecule is CC(N(C)Cc1cc(CNC(C)(C)C)co1)C(C)(C)C. The van der Waals surface area contributed by atoms with Crippen LogP contribution < -0.4 is 5.32 Å². The zero-order chi connectivity index (χ0) is 15.6. The third kappa shape index (κ3) is 5.68. The third-order valence-electron chi connectivity index (χ3n) is 3.85. The molecular formula is C17H32N2O. The fourth-order valence-electron chi connectivity index (χ4n) is 2.01. The van der Waals surface area contributed by atoms with Gasteiger partial charge in [-0.3, -0.25) is 4.90 Å². The number of hydrogen-bond acceptors (Lipinski definition) is 3. The minimum absolute atomic E-state index is 0.134. The highest BCUT2D eigenvalue weighted by Gasteiger charge is 2.24. The lowest BCUT2D eigenvalue weighted by molar-refractivity contribution is 0.127. The van der Waals surface area contributed by atoms with Crippen molar-refractivity contribution in [1.29, 1.82) is 0 Å². The maximum atomic E-state index is 5.68. The zero-order valence-electron chi connectivity index (χ0n) is 14.5. The van der Waals surface area contributed by atoms with Crippen molar-refractivity contribution in [3.8, 4) is 0 Å². The highest BCUT2D eigenvalue weighted by atomic mass is 16.3. The van der Waals surface area contributed by atoms with Gasteiger partial charge in [0.1, 0.15) is 5.76 Å². The van der Waals surface area contributed by atoms with Crippen LogP contribution in [0.15, 0.2) is 16.7 Å². The molecule has 0 radical (unpaired) electrons. The molecule has 0 amide bonds. The number of hydrogen-bond donors (Lipinski definition) is 1. The zero-order valence-corrected chi connectivity index (χ0v) is 14.5. The van der Waals surface area contributed by atoms with Crippen molar-refractivity contribution in [3.63, 3.8) is 0 Å². The molecule has 116 valence electrons. The summed E-state index contributed by atoms with van der Waals surface area (Å²) in [4.78, 5) is 2.35. The van der Waals surface area contributed by atoms with E-state index in [0.29, 0.717) is 6.04 Å². The summed E-state index contributed by atoms with van der Waals surface area (Å²) in [7, 11) is 2.16. The summed E-state index contributed by atoms with van der Waals surface area (Å²) in [6, 6.07) is 2.66. The summed E-state index contributed by atoms with van der Waals surface area (Å²) in [5.41, 5.74) is 1.62. The highest BCUT2D eigenvalue weighted by molar-refractivity contribution is 5.13. The van der Waals surface area contributed by atoms with Crippen LogP contribution in [0.3, 0.4) is 0 Å². The predicted octanol–water partition coefficient (Wildman–Crippen LogP) is 4.03. The van der Waals surface area contributed by atoms with Crippen LogP contribution in [0.5, 0.6) is 0 Å². The molecule has 0 spiro atoms. The smallest absolute Gasteiger partial charge is 0.118 e. The van der Waals surface area contributed by atoms with Gasteiger partial charge >= 0.3 is 0 Å². The van der Waals surface area contributed by atoms with E-state index in [4.69, 9.17) is 4.42 Å². The standard InChI is InChI=1S/C17H32N2O/c1-13(16(2,3)4)19(8)11-15-9-14(12-20-15)10-18-17(5,6)7/h9,12-13,18H,10-11H2,1-8H3. The molecule has 0 aromatic carbocycles. The molecule has 1 heterocycles. The largest absolute Gasteiger partial charge is 0.468 e. The molecule has 3 nitrogen and oxygen atoms in total. The Hall–Kier alpha value is -0.800. The quantitative estimate of drug-likeness (QED) is 0.882. The van der Waals surface area contributed by atoms with Crippen LogP contribution in [-0.4, -0.2) is 23.5 Å². The van der Waals surface area contributed by atoms with Crippen LogP contribution in [0.25, 0.3) is 0 Å². The molecule has 0 fully saturated rings. The number of furan rings is 1. The van der Waals surface area contributed by atoms with E-state index in [0.717, 1.165) is 18.8 Å². The van der Waals surface area contributed by atoms with Gasteiger partial charge in [0, 0.05) is 23.7 Å². The molecule has 1 N–H and O–H groups in total. The van der Waals surface area contributed by atoms with Gasteiger partial charge in [0.25, 0.3) is 0 Å². The monoisotopic (exact) mass is 280 g/mol. The molecule has 20 heavy (non-hydrogen) atoms. The molecule has 0 aliphatic heterocycles. The molecule has 0 saturated heterocycles. The Labute approximate surface area is 124 Å². The van der Waals surface area contributed by atoms with Crippen LogP contribution in [0.4, 0.5) is 0 Å². The van der Waals surface area contributed by atoms with E-state index >= 15 is 0 Å². The molecule has 1 aromatic heterocycles. The number of nitrogens with one attached hydrogen (secondary N) is 1. The fraction of sp³-hybridized carbons (Fsp3) is 0.765. The minimum atomic E-state index is 0.134. The molecule has 1 rings (SSSR count). The first-order chi connectivity index (χ1) is 8.99. The Bertz CT molecular complexity index is 409. The highest BCUT2D eigenvalue weighted by Crippen LogP contribution is 2.24. The van der Waals surface area contributed by atoms with Gasteiger partial charge in [0.15, 0.2) is 0 Å². The summed E-state index contributed by atoms with van der Waals surface area (Å²) >= 11 is 0. The second kappa shape index (κ2) is 6.31. The predicted molar refractivity (Wildman–Crippen MR) is 85.7 cm³/mol. The van der Waals surface area contributed by atoms with Crippen molar-refractivity contribution in [2.45, 2.75) is 73.1 Å². The van der Waals surface area contributed by atoms with Gasteiger partial charge in [0.05, 0.1) is 12.8 Å². The van der Waals surface area contributed by atoms with Crippen molar-refractivity contribution in [2.75, 3.05) is 7.05 Å². The first kappa shape index (κ1) is 17.3. The Morgan fingerprint density at radius 2 is 1.80 bits per heavy atom. The molecule has 0 aliphatic carbocycles.